The number of allylic oxidation sites excluding steroid dienone is 1. The van der Waals surface area contributed by atoms with Crippen molar-refractivity contribution in [1.29, 1.82) is 0 Å². The molecule has 1 heterocycles. The maximum Gasteiger partial charge on any atom is 0.122 e. The van der Waals surface area contributed by atoms with Crippen molar-refractivity contribution in [1.82, 2.24) is 5.32 Å². The van der Waals surface area contributed by atoms with Crippen LogP contribution in [0.15, 0.2) is 36.6 Å². The minimum absolute atomic E-state index is 0.327. The molecule has 0 saturated carbocycles. The number of nitrogens with one attached hydrogen (secondary N) is 1. The Morgan fingerprint density at radius 1 is 1.39 bits per heavy atom. The van der Waals surface area contributed by atoms with Crippen molar-refractivity contribution in [2.75, 3.05) is 20.2 Å². The van der Waals surface area contributed by atoms with Crippen molar-refractivity contribution >= 4 is 0 Å². The molecule has 98 valence electrons. The van der Waals surface area contributed by atoms with Crippen LogP contribution in [0.5, 0.6) is 5.75 Å². The van der Waals surface area contributed by atoms with Crippen molar-refractivity contribution < 1.29 is 9.47 Å². The van der Waals surface area contributed by atoms with E-state index in [1.54, 1.807) is 7.11 Å². The molecule has 1 atom stereocenters. The van der Waals surface area contributed by atoms with Gasteiger partial charge in [-0.1, -0.05) is 18.2 Å². The van der Waals surface area contributed by atoms with Crippen LogP contribution in [0.3, 0.4) is 0 Å². The molecule has 0 bridgehead atoms. The second-order valence-corrected chi connectivity index (χ2v) is 4.47. The van der Waals surface area contributed by atoms with E-state index in [-0.39, 0.29) is 0 Å². The largest absolute Gasteiger partial charge is 0.497 e. The Balaban J connectivity index is 1.70. The smallest absolute Gasteiger partial charge is 0.122 e. The first-order chi connectivity index (χ1) is 8.90. The van der Waals surface area contributed by atoms with Gasteiger partial charge in [0.1, 0.15) is 11.9 Å². The summed E-state index contributed by atoms with van der Waals surface area (Å²) in [5.41, 5.74) is 1.25. The molecule has 1 N–H and O–H groups in total. The quantitative estimate of drug-likeness (QED) is 0.784. The van der Waals surface area contributed by atoms with Crippen molar-refractivity contribution in [2.45, 2.75) is 25.4 Å². The summed E-state index contributed by atoms with van der Waals surface area (Å²) in [6, 6.07) is 8.16. The Labute approximate surface area is 109 Å². The number of benzene rings is 1. The average molecular weight is 247 g/mol. The van der Waals surface area contributed by atoms with Gasteiger partial charge in [-0.15, -0.1) is 0 Å². The topological polar surface area (TPSA) is 30.5 Å². The highest BCUT2D eigenvalue weighted by molar-refractivity contribution is 5.33. The SMILES string of the molecule is COc1ccccc1CCNCC1CCC=CO1. The molecule has 1 aromatic carbocycles. The van der Waals surface area contributed by atoms with E-state index in [9.17, 15) is 0 Å². The maximum atomic E-state index is 5.51. The number of para-hydroxylation sites is 1. The summed E-state index contributed by atoms with van der Waals surface area (Å²) in [6.45, 7) is 1.86. The molecule has 0 saturated heterocycles. The summed E-state index contributed by atoms with van der Waals surface area (Å²) in [7, 11) is 1.72. The minimum atomic E-state index is 0.327. The summed E-state index contributed by atoms with van der Waals surface area (Å²) in [6.07, 6.45) is 7.43. The van der Waals surface area contributed by atoms with E-state index in [2.05, 4.69) is 17.5 Å². The molecule has 0 fully saturated rings. The molecule has 0 radical (unpaired) electrons. The van der Waals surface area contributed by atoms with E-state index in [0.29, 0.717) is 6.10 Å². The monoisotopic (exact) mass is 247 g/mol. The van der Waals surface area contributed by atoms with Crippen molar-refractivity contribution in [3.63, 3.8) is 0 Å². The van der Waals surface area contributed by atoms with Crippen LogP contribution in [-0.4, -0.2) is 26.3 Å². The number of rotatable bonds is 6. The molecule has 1 aliphatic heterocycles. The molecule has 1 unspecified atom stereocenters. The van der Waals surface area contributed by atoms with Gasteiger partial charge in [-0.3, -0.25) is 0 Å². The maximum absolute atomic E-state index is 5.51. The third kappa shape index (κ3) is 3.77. The van der Waals surface area contributed by atoms with Gasteiger partial charge in [0.15, 0.2) is 0 Å². The normalized spacial score (nSPS) is 18.4. The fraction of sp³-hybridized carbons (Fsp3) is 0.467. The van der Waals surface area contributed by atoms with E-state index in [0.717, 1.165) is 38.1 Å². The molecule has 1 aromatic rings. The lowest BCUT2D eigenvalue weighted by molar-refractivity contribution is 0.122. The second kappa shape index (κ2) is 7.07. The van der Waals surface area contributed by atoms with Gasteiger partial charge in [0.05, 0.1) is 13.4 Å². The van der Waals surface area contributed by atoms with Gasteiger partial charge in [0.25, 0.3) is 0 Å². The number of hydrogen-bond acceptors (Lipinski definition) is 3. The van der Waals surface area contributed by atoms with Gasteiger partial charge in [-0.2, -0.15) is 0 Å². The molecule has 3 nitrogen and oxygen atoms in total. The minimum Gasteiger partial charge on any atom is -0.497 e. The van der Waals surface area contributed by atoms with Crippen LogP contribution in [0.4, 0.5) is 0 Å². The molecule has 18 heavy (non-hydrogen) atoms. The molecule has 3 heteroatoms. The summed E-state index contributed by atoms with van der Waals surface area (Å²) in [4.78, 5) is 0. The van der Waals surface area contributed by atoms with Crippen LogP contribution in [0.1, 0.15) is 18.4 Å². The molecule has 1 aliphatic rings. The van der Waals surface area contributed by atoms with Gasteiger partial charge in [-0.05, 0) is 43.5 Å². The van der Waals surface area contributed by atoms with Crippen LogP contribution in [0, 0.1) is 0 Å². The van der Waals surface area contributed by atoms with Gasteiger partial charge < -0.3 is 14.8 Å². The Bertz CT molecular complexity index is 390. The molecular formula is C15H21NO2. The highest BCUT2D eigenvalue weighted by Crippen LogP contribution is 2.17. The zero-order valence-electron chi connectivity index (χ0n) is 10.9. The summed E-state index contributed by atoms with van der Waals surface area (Å²) in [5.74, 6) is 0.969. The Hall–Kier alpha value is -1.48. The first kappa shape index (κ1) is 13.0. The zero-order chi connectivity index (χ0) is 12.6. The summed E-state index contributed by atoms with van der Waals surface area (Å²) < 4.78 is 10.8. The molecular weight excluding hydrogens is 226 g/mol. The lowest BCUT2D eigenvalue weighted by atomic mass is 10.1. The lowest BCUT2D eigenvalue weighted by Crippen LogP contribution is -2.30. The molecule has 0 amide bonds. The van der Waals surface area contributed by atoms with E-state index >= 15 is 0 Å². The van der Waals surface area contributed by atoms with E-state index in [1.807, 2.05) is 24.5 Å². The van der Waals surface area contributed by atoms with Crippen molar-refractivity contribution in [3.05, 3.63) is 42.2 Å². The van der Waals surface area contributed by atoms with Crippen LogP contribution in [-0.2, 0) is 11.2 Å². The van der Waals surface area contributed by atoms with Gasteiger partial charge in [0, 0.05) is 6.54 Å². The first-order valence-electron chi connectivity index (χ1n) is 6.53. The summed E-state index contributed by atoms with van der Waals surface area (Å²) in [5, 5.41) is 3.44. The number of hydrogen-bond donors (Lipinski definition) is 1. The van der Waals surface area contributed by atoms with Crippen LogP contribution >= 0.6 is 0 Å². The Kier molecular flexibility index (Phi) is 5.09. The second-order valence-electron chi connectivity index (χ2n) is 4.47. The third-order valence-electron chi connectivity index (χ3n) is 3.16. The fourth-order valence-corrected chi connectivity index (χ4v) is 2.13. The Morgan fingerprint density at radius 2 is 2.28 bits per heavy atom. The Morgan fingerprint density at radius 3 is 3.06 bits per heavy atom. The third-order valence-corrected chi connectivity index (χ3v) is 3.16. The summed E-state index contributed by atoms with van der Waals surface area (Å²) >= 11 is 0. The van der Waals surface area contributed by atoms with Gasteiger partial charge in [0.2, 0.25) is 0 Å². The molecule has 0 spiro atoms. The lowest BCUT2D eigenvalue weighted by Gasteiger charge is -2.19. The highest BCUT2D eigenvalue weighted by Gasteiger charge is 2.09. The van der Waals surface area contributed by atoms with E-state index < -0.39 is 0 Å². The average Bonchev–Trinajstić information content (AvgIpc) is 2.45. The number of methoxy groups -OCH3 is 1. The zero-order valence-corrected chi connectivity index (χ0v) is 10.9. The predicted molar refractivity (Wildman–Crippen MR) is 72.8 cm³/mol. The van der Waals surface area contributed by atoms with Crippen molar-refractivity contribution in [2.24, 2.45) is 0 Å². The predicted octanol–water partition coefficient (Wildman–Crippen LogP) is 2.52. The van der Waals surface area contributed by atoms with E-state index in [1.165, 1.54) is 5.56 Å². The van der Waals surface area contributed by atoms with Crippen LogP contribution in [0.2, 0.25) is 0 Å². The van der Waals surface area contributed by atoms with Gasteiger partial charge >= 0.3 is 0 Å². The highest BCUT2D eigenvalue weighted by atomic mass is 16.5. The molecule has 0 aromatic heterocycles. The molecule has 0 aliphatic carbocycles. The van der Waals surface area contributed by atoms with Gasteiger partial charge in [-0.25, -0.2) is 0 Å². The number of ether oxygens (including phenoxy) is 2. The van der Waals surface area contributed by atoms with Crippen LogP contribution < -0.4 is 10.1 Å². The molecule has 2 rings (SSSR count). The van der Waals surface area contributed by atoms with E-state index in [4.69, 9.17) is 9.47 Å². The van der Waals surface area contributed by atoms with Crippen LogP contribution in [0.25, 0.3) is 0 Å². The van der Waals surface area contributed by atoms with Crippen molar-refractivity contribution in [3.8, 4) is 5.75 Å². The standard InChI is InChI=1S/C15H21NO2/c1-17-15-8-3-2-6-13(15)9-10-16-12-14-7-4-5-11-18-14/h2-3,5-6,8,11,14,16H,4,7,9-10,12H2,1H3. The fourth-order valence-electron chi connectivity index (χ4n) is 2.13. The first-order valence-corrected chi connectivity index (χ1v) is 6.53.